The number of rotatable bonds is 14. The first kappa shape index (κ1) is 36.1. The van der Waals surface area contributed by atoms with Gasteiger partial charge >= 0.3 is 5.91 Å². The Labute approximate surface area is 280 Å². The fraction of sp³-hybridized carbons (Fsp3) is 0.529. The third kappa shape index (κ3) is 9.89. The number of fused-ring (bicyclic) bond motifs is 1. The first-order valence-corrected chi connectivity index (χ1v) is 16.4. The van der Waals surface area contributed by atoms with E-state index in [1.54, 1.807) is 17.0 Å². The van der Waals surface area contributed by atoms with Crippen LogP contribution in [0, 0.1) is 11.3 Å². The van der Waals surface area contributed by atoms with Crippen LogP contribution in [0.15, 0.2) is 48.9 Å². The van der Waals surface area contributed by atoms with Gasteiger partial charge in [-0.2, -0.15) is 0 Å². The number of carbonyl (C=O) groups is 6. The zero-order chi connectivity index (χ0) is 34.7. The van der Waals surface area contributed by atoms with E-state index < -0.39 is 47.5 Å². The molecule has 1 aromatic carbocycles. The minimum atomic E-state index is -0.997. The predicted octanol–water partition coefficient (Wildman–Crippen LogP) is 1.61. The van der Waals surface area contributed by atoms with Crippen molar-refractivity contribution in [1.82, 2.24) is 36.3 Å². The minimum Gasteiger partial charge on any atom is -0.351 e. The summed E-state index contributed by atoms with van der Waals surface area (Å²) in [7, 11) is 0. The highest BCUT2D eigenvalue weighted by Crippen LogP contribution is 2.41. The summed E-state index contributed by atoms with van der Waals surface area (Å²) in [6.07, 6.45) is 8.56. The number of hydrogen-bond acceptors (Lipinski definition) is 9. The molecule has 1 aromatic heterocycles. The second-order valence-electron chi connectivity index (χ2n) is 13.3. The van der Waals surface area contributed by atoms with Crippen molar-refractivity contribution in [3.05, 3.63) is 60.2 Å². The number of hydroxylamine groups is 1. The van der Waals surface area contributed by atoms with E-state index in [0.717, 1.165) is 31.2 Å². The largest absolute Gasteiger partial charge is 0.351 e. The number of nitrogens with zero attached hydrogens (tertiary/aromatic N) is 3. The lowest BCUT2D eigenvalue weighted by Crippen LogP contribution is -2.60. The second-order valence-corrected chi connectivity index (χ2v) is 13.3. The molecule has 2 heterocycles. The van der Waals surface area contributed by atoms with Crippen LogP contribution in [-0.2, 0) is 35.4 Å². The third-order valence-corrected chi connectivity index (χ3v) is 8.65. The van der Waals surface area contributed by atoms with Crippen LogP contribution in [0.3, 0.4) is 0 Å². The van der Waals surface area contributed by atoms with Crippen molar-refractivity contribution in [2.45, 2.75) is 90.4 Å². The maximum Gasteiger partial charge on any atom is 0.312 e. The van der Waals surface area contributed by atoms with Crippen LogP contribution in [0.1, 0.15) is 81.8 Å². The van der Waals surface area contributed by atoms with Gasteiger partial charge in [-0.15, -0.1) is 0 Å². The highest BCUT2D eigenvalue weighted by atomic mass is 16.7. The van der Waals surface area contributed by atoms with E-state index >= 15 is 0 Å². The van der Waals surface area contributed by atoms with Crippen molar-refractivity contribution in [2.24, 2.45) is 11.3 Å². The lowest BCUT2D eigenvalue weighted by molar-refractivity contribution is -0.148. The Hall–Kier alpha value is -4.72. The fourth-order valence-corrected chi connectivity index (χ4v) is 6.18. The van der Waals surface area contributed by atoms with Crippen molar-refractivity contribution >= 4 is 35.3 Å². The number of hydrogen-bond donors (Lipinski definition) is 4. The van der Waals surface area contributed by atoms with Gasteiger partial charge in [-0.3, -0.25) is 38.6 Å². The summed E-state index contributed by atoms with van der Waals surface area (Å²) in [4.78, 5) is 92.3. The van der Waals surface area contributed by atoms with Gasteiger partial charge < -0.3 is 20.9 Å². The van der Waals surface area contributed by atoms with Crippen molar-refractivity contribution < 1.29 is 33.6 Å². The molecule has 14 heteroatoms. The molecule has 48 heavy (non-hydrogen) atoms. The summed E-state index contributed by atoms with van der Waals surface area (Å²) in [5.41, 5.74) is 2.39. The monoisotopic (exact) mass is 663 g/mol. The van der Waals surface area contributed by atoms with Crippen LogP contribution in [0.2, 0.25) is 0 Å². The van der Waals surface area contributed by atoms with Gasteiger partial charge in [0, 0.05) is 31.4 Å². The maximum absolute atomic E-state index is 14.3. The molecule has 2 aromatic rings. The molecule has 4 rings (SSSR count). The molecule has 1 saturated heterocycles. The number of amides is 5. The maximum atomic E-state index is 14.3. The van der Waals surface area contributed by atoms with Crippen molar-refractivity contribution in [1.29, 1.82) is 0 Å². The minimum absolute atomic E-state index is 0.0653. The first-order valence-electron chi connectivity index (χ1n) is 16.4. The van der Waals surface area contributed by atoms with Crippen LogP contribution in [0.5, 0.6) is 0 Å². The molecule has 4 N–H and O–H groups in total. The van der Waals surface area contributed by atoms with Gasteiger partial charge in [0.05, 0.1) is 19.3 Å². The number of carbonyl (C=O) groups excluding carboxylic acids is 6. The number of aromatic nitrogens is 2. The molecule has 1 saturated carbocycles. The van der Waals surface area contributed by atoms with Gasteiger partial charge in [-0.05, 0) is 42.6 Å². The number of likely N-dealkylation sites (tertiary alicyclic amines) is 1. The molecule has 2 fully saturated rings. The van der Waals surface area contributed by atoms with E-state index in [4.69, 9.17) is 4.84 Å². The quantitative estimate of drug-likeness (QED) is 0.132. The molecule has 4 atom stereocenters. The van der Waals surface area contributed by atoms with Crippen molar-refractivity contribution in [2.75, 3.05) is 13.1 Å². The van der Waals surface area contributed by atoms with E-state index in [1.165, 1.54) is 18.6 Å². The molecular weight excluding hydrogens is 618 g/mol. The Kier molecular flexibility index (Phi) is 12.7. The lowest BCUT2D eigenvalue weighted by atomic mass is 9.83. The van der Waals surface area contributed by atoms with Gasteiger partial charge in [-0.1, -0.05) is 63.9 Å². The van der Waals surface area contributed by atoms with Gasteiger partial charge in [0.15, 0.2) is 0 Å². The van der Waals surface area contributed by atoms with Crippen LogP contribution < -0.4 is 21.4 Å². The standard InChI is InChI=1S/C34H45N7O7/c1-34(2,3)29(39-28(43)14-9-15-37-30(44)24-19-35-16-17-36-24)33(47)41-25-13-8-7-12-23(25)18-26(41)31(45)38-20-27(42)32(46)40-48-21-22-10-5-4-6-11-22/h4-6,10-11,16-17,19,23,25-26,29H,7-9,12-15,18,20-21H2,1-3H3,(H,37,44)(H,38,45)(H,39,43)(H,40,46). The summed E-state index contributed by atoms with van der Waals surface area (Å²) < 4.78 is 0. The lowest BCUT2D eigenvalue weighted by Gasteiger charge is -2.39. The fourth-order valence-electron chi connectivity index (χ4n) is 6.18. The van der Waals surface area contributed by atoms with Gasteiger partial charge in [0.1, 0.15) is 17.8 Å². The van der Waals surface area contributed by atoms with E-state index in [0.29, 0.717) is 12.8 Å². The zero-order valence-corrected chi connectivity index (χ0v) is 27.7. The van der Waals surface area contributed by atoms with Gasteiger partial charge in [0.25, 0.3) is 5.91 Å². The highest BCUT2D eigenvalue weighted by molar-refractivity contribution is 6.37. The highest BCUT2D eigenvalue weighted by Gasteiger charge is 2.50. The van der Waals surface area contributed by atoms with Crippen LogP contribution in [0.25, 0.3) is 0 Å². The van der Waals surface area contributed by atoms with E-state index in [9.17, 15) is 28.8 Å². The van der Waals surface area contributed by atoms with Crippen LogP contribution >= 0.6 is 0 Å². The summed E-state index contributed by atoms with van der Waals surface area (Å²) in [5.74, 6) is -3.42. The van der Waals surface area contributed by atoms with E-state index in [1.807, 2.05) is 39.0 Å². The zero-order valence-electron chi connectivity index (χ0n) is 27.7. The molecule has 4 unspecified atom stereocenters. The normalized spacial score (nSPS) is 19.4. The molecule has 5 amide bonds. The summed E-state index contributed by atoms with van der Waals surface area (Å²) in [6.45, 7) is 5.28. The van der Waals surface area contributed by atoms with E-state index in [-0.39, 0.29) is 49.0 Å². The molecule has 0 bridgehead atoms. The average Bonchev–Trinajstić information content (AvgIpc) is 3.47. The molecule has 14 nitrogen and oxygen atoms in total. The molecule has 258 valence electrons. The number of Topliss-reactive ketones (excluding diaryl/α,β-unsaturated/α-hetero) is 1. The average molecular weight is 664 g/mol. The number of nitrogens with one attached hydrogen (secondary N) is 4. The smallest absolute Gasteiger partial charge is 0.312 e. The van der Waals surface area contributed by atoms with E-state index in [2.05, 4.69) is 31.4 Å². The Morgan fingerprint density at radius 3 is 2.46 bits per heavy atom. The van der Waals surface area contributed by atoms with Crippen LogP contribution in [0.4, 0.5) is 0 Å². The summed E-state index contributed by atoms with van der Waals surface area (Å²) in [6, 6.07) is 7.14. The number of benzene rings is 1. The number of ketones is 1. The Morgan fingerprint density at radius 1 is 1.00 bits per heavy atom. The van der Waals surface area contributed by atoms with Gasteiger partial charge in [-0.25, -0.2) is 10.5 Å². The molecule has 1 aliphatic heterocycles. The molecule has 2 aliphatic rings. The van der Waals surface area contributed by atoms with Crippen molar-refractivity contribution in [3.8, 4) is 0 Å². The summed E-state index contributed by atoms with van der Waals surface area (Å²) >= 11 is 0. The molecule has 0 spiro atoms. The Bertz CT molecular complexity index is 1450. The predicted molar refractivity (Wildman–Crippen MR) is 173 cm³/mol. The third-order valence-electron chi connectivity index (χ3n) is 8.65. The van der Waals surface area contributed by atoms with Gasteiger partial charge in [0.2, 0.25) is 23.5 Å². The summed E-state index contributed by atoms with van der Waals surface area (Å²) in [5, 5.41) is 8.14. The molecule has 1 aliphatic carbocycles. The SMILES string of the molecule is CC(C)(C)C(NC(=O)CCCNC(=O)c1cnccn1)C(=O)N1C(C(=O)NCC(=O)C(=O)NOCc2ccccc2)CC2CCCCC21. The van der Waals surface area contributed by atoms with Crippen molar-refractivity contribution in [3.63, 3.8) is 0 Å². The molecular formula is C34H45N7O7. The topological polar surface area (TPSA) is 189 Å². The van der Waals surface area contributed by atoms with Crippen LogP contribution in [-0.4, -0.2) is 81.4 Å². The Morgan fingerprint density at radius 2 is 1.75 bits per heavy atom. The first-order chi connectivity index (χ1) is 23.0. The molecule has 0 radical (unpaired) electrons. The second kappa shape index (κ2) is 16.9. The Balaban J connectivity index is 1.33.